The molecule has 0 bridgehead atoms. The molecule has 0 aliphatic heterocycles. The van der Waals surface area contributed by atoms with Gasteiger partial charge in [0.15, 0.2) is 5.78 Å². The minimum atomic E-state index is -0.190. The largest absolute Gasteiger partial charge is 0.337 e. The van der Waals surface area contributed by atoms with Gasteiger partial charge in [-0.15, -0.1) is 11.3 Å². The van der Waals surface area contributed by atoms with Crippen molar-refractivity contribution in [1.82, 2.24) is 4.90 Å². The van der Waals surface area contributed by atoms with E-state index in [1.807, 2.05) is 17.5 Å². The van der Waals surface area contributed by atoms with Gasteiger partial charge in [-0.25, -0.2) is 0 Å². The van der Waals surface area contributed by atoms with Crippen LogP contribution >= 0.6 is 22.9 Å². The first-order chi connectivity index (χ1) is 12.1. The number of carbonyl (C=O) groups is 2. The average molecular weight is 370 g/mol. The van der Waals surface area contributed by atoms with Gasteiger partial charge in [-0.3, -0.25) is 9.59 Å². The quantitative estimate of drug-likeness (QED) is 0.599. The Hall–Kier alpha value is -2.43. The molecule has 0 fully saturated rings. The van der Waals surface area contributed by atoms with E-state index < -0.39 is 0 Å². The number of hydrogen-bond donors (Lipinski definition) is 0. The highest BCUT2D eigenvalue weighted by atomic mass is 35.5. The van der Waals surface area contributed by atoms with Gasteiger partial charge in [0.1, 0.15) is 0 Å². The van der Waals surface area contributed by atoms with Crippen molar-refractivity contribution in [3.8, 4) is 0 Å². The monoisotopic (exact) mass is 369 g/mol. The van der Waals surface area contributed by atoms with Crippen molar-refractivity contribution in [2.45, 2.75) is 6.54 Å². The second-order valence-corrected chi connectivity index (χ2v) is 7.09. The maximum Gasteiger partial charge on any atom is 0.254 e. The van der Waals surface area contributed by atoms with Gasteiger partial charge < -0.3 is 4.90 Å². The van der Waals surface area contributed by atoms with E-state index in [-0.39, 0.29) is 11.7 Å². The number of rotatable bonds is 5. The highest BCUT2D eigenvalue weighted by Crippen LogP contribution is 2.19. The van der Waals surface area contributed by atoms with E-state index >= 15 is 0 Å². The van der Waals surface area contributed by atoms with E-state index in [1.165, 1.54) is 0 Å². The molecule has 1 amide bonds. The number of thiophene rings is 1. The zero-order valence-corrected chi connectivity index (χ0v) is 15.2. The predicted molar refractivity (Wildman–Crippen MR) is 101 cm³/mol. The van der Waals surface area contributed by atoms with Gasteiger partial charge in [0.05, 0.1) is 12.1 Å². The number of carbonyl (C=O) groups excluding carboxylic acids is 2. The zero-order chi connectivity index (χ0) is 17.8. The second kappa shape index (κ2) is 7.64. The molecule has 2 aromatic carbocycles. The van der Waals surface area contributed by atoms with Crippen molar-refractivity contribution >= 4 is 34.6 Å². The Morgan fingerprint density at radius 1 is 0.960 bits per heavy atom. The number of benzene rings is 2. The number of hydrogen-bond acceptors (Lipinski definition) is 3. The third-order valence-corrected chi connectivity index (χ3v) is 4.94. The van der Waals surface area contributed by atoms with Crippen LogP contribution in [-0.4, -0.2) is 23.6 Å². The molecule has 126 valence electrons. The normalized spacial score (nSPS) is 10.5. The van der Waals surface area contributed by atoms with Crippen LogP contribution in [0.15, 0.2) is 66.0 Å². The molecule has 0 aliphatic carbocycles. The Kier molecular flexibility index (Phi) is 5.31. The summed E-state index contributed by atoms with van der Waals surface area (Å²) in [5, 5.41) is 2.54. The van der Waals surface area contributed by atoms with Gasteiger partial charge in [-0.05, 0) is 41.8 Å². The molecule has 1 aromatic heterocycles. The summed E-state index contributed by atoms with van der Waals surface area (Å²) in [7, 11) is 1.74. The lowest BCUT2D eigenvalue weighted by Crippen LogP contribution is -2.27. The molecule has 0 aliphatic rings. The topological polar surface area (TPSA) is 37.4 Å². The predicted octanol–water partition coefficient (Wildman–Crippen LogP) is 4.90. The molecule has 3 nitrogen and oxygen atoms in total. The highest BCUT2D eigenvalue weighted by molar-refractivity contribution is 7.09. The molecule has 0 unspecified atom stereocenters. The lowest BCUT2D eigenvalue weighted by molar-refractivity contribution is 0.0782. The van der Waals surface area contributed by atoms with Crippen LogP contribution in [0.3, 0.4) is 0 Å². The molecule has 25 heavy (non-hydrogen) atoms. The first-order valence-electron chi connectivity index (χ1n) is 7.73. The molecule has 0 spiro atoms. The maximum absolute atomic E-state index is 12.8. The van der Waals surface area contributed by atoms with Crippen molar-refractivity contribution in [2.75, 3.05) is 7.05 Å². The highest BCUT2D eigenvalue weighted by Gasteiger charge is 2.20. The Morgan fingerprint density at radius 2 is 1.64 bits per heavy atom. The summed E-state index contributed by atoms with van der Waals surface area (Å²) in [4.78, 5) is 28.4. The third kappa shape index (κ3) is 3.98. The van der Waals surface area contributed by atoms with E-state index in [0.717, 1.165) is 4.88 Å². The van der Waals surface area contributed by atoms with Crippen molar-refractivity contribution in [3.63, 3.8) is 0 Å². The lowest BCUT2D eigenvalue weighted by atomic mass is 9.97. The number of halogens is 1. The van der Waals surface area contributed by atoms with Crippen LogP contribution in [0, 0.1) is 0 Å². The summed E-state index contributed by atoms with van der Waals surface area (Å²) >= 11 is 7.48. The SMILES string of the molecule is CN(Cc1cccs1)C(=O)c1ccccc1C(=O)c1ccc(Cl)cc1. The Balaban J connectivity index is 1.88. The number of ketones is 1. The van der Waals surface area contributed by atoms with E-state index in [0.29, 0.717) is 28.3 Å². The fourth-order valence-corrected chi connectivity index (χ4v) is 3.42. The smallest absolute Gasteiger partial charge is 0.254 e. The van der Waals surface area contributed by atoms with Gasteiger partial charge in [0.25, 0.3) is 5.91 Å². The van der Waals surface area contributed by atoms with Crippen LogP contribution in [0.5, 0.6) is 0 Å². The Morgan fingerprint density at radius 3 is 2.28 bits per heavy atom. The average Bonchev–Trinajstić information content (AvgIpc) is 3.14. The summed E-state index contributed by atoms with van der Waals surface area (Å²) in [6, 6.07) is 17.5. The molecule has 3 aromatic rings. The van der Waals surface area contributed by atoms with E-state index in [1.54, 1.807) is 71.8 Å². The van der Waals surface area contributed by atoms with E-state index in [2.05, 4.69) is 0 Å². The molecular formula is C20H16ClNO2S. The van der Waals surface area contributed by atoms with E-state index in [4.69, 9.17) is 11.6 Å². The van der Waals surface area contributed by atoms with Crippen LogP contribution in [0.1, 0.15) is 31.2 Å². The number of amides is 1. The number of nitrogens with zero attached hydrogens (tertiary/aromatic N) is 1. The van der Waals surface area contributed by atoms with Crippen LogP contribution in [0.2, 0.25) is 5.02 Å². The summed E-state index contributed by atoms with van der Waals surface area (Å²) in [5.41, 5.74) is 1.31. The van der Waals surface area contributed by atoms with Crippen LogP contribution < -0.4 is 0 Å². The van der Waals surface area contributed by atoms with E-state index in [9.17, 15) is 9.59 Å². The molecule has 0 saturated heterocycles. The van der Waals surface area contributed by atoms with Crippen molar-refractivity contribution in [3.05, 3.63) is 92.6 Å². The first kappa shape index (κ1) is 17.4. The minimum absolute atomic E-state index is 0.175. The molecule has 0 N–H and O–H groups in total. The van der Waals surface area contributed by atoms with Gasteiger partial charge in [-0.1, -0.05) is 35.9 Å². The first-order valence-corrected chi connectivity index (χ1v) is 8.99. The van der Waals surface area contributed by atoms with Crippen LogP contribution in [-0.2, 0) is 6.54 Å². The fraction of sp³-hybridized carbons (Fsp3) is 0.100. The molecule has 0 saturated carbocycles. The summed E-state index contributed by atoms with van der Waals surface area (Å²) < 4.78 is 0. The molecule has 3 rings (SSSR count). The zero-order valence-electron chi connectivity index (χ0n) is 13.6. The Labute approximate surface area is 155 Å². The molecule has 0 radical (unpaired) electrons. The van der Waals surface area contributed by atoms with Crippen molar-refractivity contribution in [2.24, 2.45) is 0 Å². The van der Waals surface area contributed by atoms with Crippen molar-refractivity contribution < 1.29 is 9.59 Å². The van der Waals surface area contributed by atoms with Crippen LogP contribution in [0.4, 0.5) is 0 Å². The lowest BCUT2D eigenvalue weighted by Gasteiger charge is -2.18. The van der Waals surface area contributed by atoms with Crippen LogP contribution in [0.25, 0.3) is 0 Å². The van der Waals surface area contributed by atoms with Gasteiger partial charge in [0.2, 0.25) is 0 Å². The molecule has 1 heterocycles. The summed E-state index contributed by atoms with van der Waals surface area (Å²) in [6.07, 6.45) is 0. The van der Waals surface area contributed by atoms with Gasteiger partial charge in [-0.2, -0.15) is 0 Å². The second-order valence-electron chi connectivity index (χ2n) is 5.62. The summed E-state index contributed by atoms with van der Waals surface area (Å²) in [6.45, 7) is 0.514. The standard InChI is InChI=1S/C20H16ClNO2S/c1-22(13-16-5-4-12-25-16)20(24)18-7-3-2-6-17(18)19(23)14-8-10-15(21)11-9-14/h2-12H,13H2,1H3. The molecule has 5 heteroatoms. The van der Waals surface area contributed by atoms with Gasteiger partial charge >= 0.3 is 0 Å². The van der Waals surface area contributed by atoms with Gasteiger partial charge in [0, 0.05) is 28.1 Å². The minimum Gasteiger partial charge on any atom is -0.337 e. The summed E-state index contributed by atoms with van der Waals surface area (Å²) in [5.74, 6) is -0.364. The maximum atomic E-state index is 12.8. The molecular weight excluding hydrogens is 354 g/mol. The molecule has 0 atom stereocenters. The fourth-order valence-electron chi connectivity index (χ4n) is 2.54. The van der Waals surface area contributed by atoms with Crippen molar-refractivity contribution in [1.29, 1.82) is 0 Å². The third-order valence-electron chi connectivity index (χ3n) is 3.83. The Bertz CT molecular complexity index is 888.